The van der Waals surface area contributed by atoms with Gasteiger partial charge in [0.25, 0.3) is 0 Å². The molecule has 0 amide bonds. The smallest absolute Gasteiger partial charge is 0.125 e. The fourth-order valence-corrected chi connectivity index (χ4v) is 1.70. The molecule has 0 radical (unpaired) electrons. The van der Waals surface area contributed by atoms with Crippen molar-refractivity contribution in [1.82, 2.24) is 0 Å². The lowest BCUT2D eigenvalue weighted by Crippen LogP contribution is -2.11. The molecule has 16 heavy (non-hydrogen) atoms. The minimum atomic E-state index is -0.0322. The number of ether oxygens (including phenoxy) is 2. The van der Waals surface area contributed by atoms with E-state index in [0.717, 1.165) is 15.8 Å². The van der Waals surface area contributed by atoms with E-state index in [2.05, 4.69) is 15.9 Å². The van der Waals surface area contributed by atoms with Gasteiger partial charge >= 0.3 is 0 Å². The predicted octanol–water partition coefficient (Wildman–Crippen LogP) is 2.88. The summed E-state index contributed by atoms with van der Waals surface area (Å²) in [5, 5.41) is 0. The van der Waals surface area contributed by atoms with E-state index >= 15 is 0 Å². The van der Waals surface area contributed by atoms with Crippen molar-refractivity contribution in [1.29, 1.82) is 0 Å². The molecule has 1 atom stereocenters. The van der Waals surface area contributed by atoms with Gasteiger partial charge in [-0.15, -0.1) is 0 Å². The van der Waals surface area contributed by atoms with Crippen molar-refractivity contribution in [2.24, 2.45) is 5.73 Å². The minimum Gasteiger partial charge on any atom is -0.491 e. The van der Waals surface area contributed by atoms with Gasteiger partial charge in [0.2, 0.25) is 0 Å². The van der Waals surface area contributed by atoms with Gasteiger partial charge in [-0.2, -0.15) is 0 Å². The van der Waals surface area contributed by atoms with E-state index in [1.54, 1.807) is 0 Å². The molecule has 0 fully saturated rings. The maximum atomic E-state index is 5.87. The van der Waals surface area contributed by atoms with E-state index in [-0.39, 0.29) is 6.04 Å². The molecule has 0 heterocycles. The van der Waals surface area contributed by atoms with Crippen LogP contribution in [-0.2, 0) is 4.74 Å². The van der Waals surface area contributed by atoms with Gasteiger partial charge < -0.3 is 15.2 Å². The van der Waals surface area contributed by atoms with Crippen molar-refractivity contribution in [3.63, 3.8) is 0 Å². The largest absolute Gasteiger partial charge is 0.491 e. The molecule has 0 aromatic heterocycles. The Labute approximate surface area is 105 Å². The van der Waals surface area contributed by atoms with Crippen molar-refractivity contribution in [2.75, 3.05) is 19.8 Å². The number of rotatable bonds is 6. The molecule has 90 valence electrons. The normalized spacial score (nSPS) is 12.5. The van der Waals surface area contributed by atoms with Crippen LogP contribution < -0.4 is 10.5 Å². The molecular formula is C12H18BrNO2. The van der Waals surface area contributed by atoms with E-state index < -0.39 is 0 Å². The SMILES string of the molecule is CCOCCOc1cc(Br)ccc1C(C)N. The molecule has 0 aliphatic heterocycles. The molecule has 0 aliphatic carbocycles. The highest BCUT2D eigenvalue weighted by molar-refractivity contribution is 9.10. The summed E-state index contributed by atoms with van der Waals surface area (Å²) >= 11 is 3.42. The van der Waals surface area contributed by atoms with Gasteiger partial charge in [-0.1, -0.05) is 22.0 Å². The van der Waals surface area contributed by atoms with Crippen LogP contribution in [-0.4, -0.2) is 19.8 Å². The standard InChI is InChI=1S/C12H18BrNO2/c1-3-15-6-7-16-12-8-10(13)4-5-11(12)9(2)14/h4-5,8-9H,3,6-7,14H2,1-2H3. The molecular weight excluding hydrogens is 270 g/mol. The first-order valence-electron chi connectivity index (χ1n) is 5.40. The summed E-state index contributed by atoms with van der Waals surface area (Å²) in [7, 11) is 0. The summed E-state index contributed by atoms with van der Waals surface area (Å²) in [6.07, 6.45) is 0. The molecule has 4 heteroatoms. The Morgan fingerprint density at radius 1 is 1.38 bits per heavy atom. The second-order valence-electron chi connectivity index (χ2n) is 3.52. The van der Waals surface area contributed by atoms with Crippen molar-refractivity contribution < 1.29 is 9.47 Å². The molecule has 1 unspecified atom stereocenters. The number of nitrogens with two attached hydrogens (primary N) is 1. The lowest BCUT2D eigenvalue weighted by atomic mass is 10.1. The highest BCUT2D eigenvalue weighted by Gasteiger charge is 2.08. The maximum Gasteiger partial charge on any atom is 0.125 e. The zero-order chi connectivity index (χ0) is 12.0. The number of hydrogen-bond acceptors (Lipinski definition) is 3. The molecule has 0 saturated heterocycles. The lowest BCUT2D eigenvalue weighted by molar-refractivity contribution is 0.109. The second kappa shape index (κ2) is 6.89. The van der Waals surface area contributed by atoms with Crippen LogP contribution in [0.5, 0.6) is 5.75 Å². The quantitative estimate of drug-likeness (QED) is 0.819. The van der Waals surface area contributed by atoms with Crippen LogP contribution in [0.4, 0.5) is 0 Å². The predicted molar refractivity (Wildman–Crippen MR) is 68.7 cm³/mol. The molecule has 0 saturated carbocycles. The first-order chi connectivity index (χ1) is 7.65. The highest BCUT2D eigenvalue weighted by atomic mass is 79.9. The molecule has 3 nitrogen and oxygen atoms in total. The summed E-state index contributed by atoms with van der Waals surface area (Å²) in [6, 6.07) is 5.85. The minimum absolute atomic E-state index is 0.0322. The van der Waals surface area contributed by atoms with Crippen LogP contribution in [0.2, 0.25) is 0 Å². The van der Waals surface area contributed by atoms with Gasteiger partial charge in [0.15, 0.2) is 0 Å². The Bertz CT molecular complexity index is 329. The second-order valence-corrected chi connectivity index (χ2v) is 4.43. The Hall–Kier alpha value is -0.580. The zero-order valence-electron chi connectivity index (χ0n) is 9.70. The Morgan fingerprint density at radius 2 is 2.12 bits per heavy atom. The van der Waals surface area contributed by atoms with Crippen LogP contribution in [0.3, 0.4) is 0 Å². The van der Waals surface area contributed by atoms with Crippen LogP contribution >= 0.6 is 15.9 Å². The van der Waals surface area contributed by atoms with E-state index in [1.807, 2.05) is 32.0 Å². The third-order valence-corrected chi connectivity index (χ3v) is 2.65. The van der Waals surface area contributed by atoms with E-state index in [4.69, 9.17) is 15.2 Å². The fourth-order valence-electron chi connectivity index (χ4n) is 1.36. The molecule has 1 rings (SSSR count). The van der Waals surface area contributed by atoms with Gasteiger partial charge in [-0.05, 0) is 26.0 Å². The monoisotopic (exact) mass is 287 g/mol. The topological polar surface area (TPSA) is 44.5 Å². The van der Waals surface area contributed by atoms with Crippen molar-refractivity contribution in [3.05, 3.63) is 28.2 Å². The van der Waals surface area contributed by atoms with Gasteiger partial charge in [-0.25, -0.2) is 0 Å². The Kier molecular flexibility index (Phi) is 5.80. The highest BCUT2D eigenvalue weighted by Crippen LogP contribution is 2.27. The van der Waals surface area contributed by atoms with Gasteiger partial charge in [-0.3, -0.25) is 0 Å². The molecule has 1 aromatic carbocycles. The van der Waals surface area contributed by atoms with Crippen LogP contribution in [0.1, 0.15) is 25.5 Å². The van der Waals surface area contributed by atoms with Crippen molar-refractivity contribution in [2.45, 2.75) is 19.9 Å². The van der Waals surface area contributed by atoms with E-state index in [9.17, 15) is 0 Å². The average Bonchev–Trinajstić information content (AvgIpc) is 2.24. The zero-order valence-corrected chi connectivity index (χ0v) is 11.3. The summed E-state index contributed by atoms with van der Waals surface area (Å²) in [5.41, 5.74) is 6.88. The molecule has 0 aliphatic rings. The summed E-state index contributed by atoms with van der Waals surface area (Å²) in [4.78, 5) is 0. The average molecular weight is 288 g/mol. The molecule has 1 aromatic rings. The van der Waals surface area contributed by atoms with Crippen molar-refractivity contribution in [3.8, 4) is 5.75 Å². The van der Waals surface area contributed by atoms with Gasteiger partial charge in [0.05, 0.1) is 6.61 Å². The maximum absolute atomic E-state index is 5.87. The van der Waals surface area contributed by atoms with Crippen LogP contribution in [0.15, 0.2) is 22.7 Å². The van der Waals surface area contributed by atoms with Gasteiger partial charge in [0, 0.05) is 22.7 Å². The van der Waals surface area contributed by atoms with Crippen LogP contribution in [0.25, 0.3) is 0 Å². The lowest BCUT2D eigenvalue weighted by Gasteiger charge is -2.14. The van der Waals surface area contributed by atoms with E-state index in [0.29, 0.717) is 19.8 Å². The first kappa shape index (κ1) is 13.5. The van der Waals surface area contributed by atoms with Gasteiger partial charge in [0.1, 0.15) is 12.4 Å². The molecule has 0 spiro atoms. The number of hydrogen-bond donors (Lipinski definition) is 1. The molecule has 0 bridgehead atoms. The third-order valence-electron chi connectivity index (χ3n) is 2.16. The Balaban J connectivity index is 2.65. The first-order valence-corrected chi connectivity index (χ1v) is 6.20. The third kappa shape index (κ3) is 4.12. The van der Waals surface area contributed by atoms with E-state index in [1.165, 1.54) is 0 Å². The Morgan fingerprint density at radius 3 is 2.75 bits per heavy atom. The summed E-state index contributed by atoms with van der Waals surface area (Å²) in [6.45, 7) is 5.76. The fraction of sp³-hybridized carbons (Fsp3) is 0.500. The number of halogens is 1. The molecule has 2 N–H and O–H groups in total. The summed E-state index contributed by atoms with van der Waals surface area (Å²) < 4.78 is 11.9. The summed E-state index contributed by atoms with van der Waals surface area (Å²) in [5.74, 6) is 0.823. The number of benzene rings is 1. The van der Waals surface area contributed by atoms with Crippen LogP contribution in [0, 0.1) is 0 Å². The van der Waals surface area contributed by atoms with Crippen molar-refractivity contribution >= 4 is 15.9 Å².